The molecule has 1 amide bonds. The van der Waals surface area contributed by atoms with Gasteiger partial charge in [0.05, 0.1) is 0 Å². The number of hydrogen-bond donors (Lipinski definition) is 0. The third kappa shape index (κ3) is 3.15. The smallest absolute Gasteiger partial charge is 0.228 e. The zero-order valence-corrected chi connectivity index (χ0v) is 12.9. The zero-order chi connectivity index (χ0) is 14.7. The average molecular weight is 276 g/mol. The van der Waals surface area contributed by atoms with Crippen molar-refractivity contribution < 1.29 is 4.79 Å². The molecule has 0 spiro atoms. The Kier molecular flexibility index (Phi) is 4.70. The standard InChI is InChI=1S/C15H24N4O/c1-5-6-13-16-11(2)12-7-8-14(20)19(15(12)17-13)10-9-18(3)4/h5-10H2,1-4H3. The van der Waals surface area contributed by atoms with Crippen molar-refractivity contribution in [3.63, 3.8) is 0 Å². The van der Waals surface area contributed by atoms with Crippen LogP contribution in [0.5, 0.6) is 0 Å². The molecule has 0 fully saturated rings. The number of amides is 1. The quantitative estimate of drug-likeness (QED) is 0.819. The Morgan fingerprint density at radius 1 is 1.25 bits per heavy atom. The molecule has 0 atom stereocenters. The molecular weight excluding hydrogens is 252 g/mol. The van der Waals surface area contributed by atoms with Gasteiger partial charge in [0.15, 0.2) is 0 Å². The van der Waals surface area contributed by atoms with Crippen molar-refractivity contribution in [3.05, 3.63) is 17.1 Å². The van der Waals surface area contributed by atoms with Crippen molar-refractivity contribution in [2.45, 2.75) is 39.5 Å². The lowest BCUT2D eigenvalue weighted by atomic mass is 10.0. The van der Waals surface area contributed by atoms with Crippen LogP contribution in [0.3, 0.4) is 0 Å². The Morgan fingerprint density at radius 3 is 2.65 bits per heavy atom. The van der Waals surface area contributed by atoms with Crippen LogP contribution in [0.2, 0.25) is 0 Å². The molecule has 1 aromatic rings. The van der Waals surface area contributed by atoms with Gasteiger partial charge in [-0.25, -0.2) is 9.97 Å². The van der Waals surface area contributed by atoms with Crippen LogP contribution >= 0.6 is 0 Å². The molecule has 0 unspecified atom stereocenters. The van der Waals surface area contributed by atoms with E-state index in [2.05, 4.69) is 21.8 Å². The molecule has 110 valence electrons. The van der Waals surface area contributed by atoms with Gasteiger partial charge in [-0.2, -0.15) is 0 Å². The molecule has 5 heteroatoms. The summed E-state index contributed by atoms with van der Waals surface area (Å²) in [5.41, 5.74) is 2.17. The van der Waals surface area contributed by atoms with E-state index in [4.69, 9.17) is 0 Å². The molecule has 5 nitrogen and oxygen atoms in total. The summed E-state index contributed by atoms with van der Waals surface area (Å²) in [6, 6.07) is 0. The van der Waals surface area contributed by atoms with E-state index in [0.29, 0.717) is 13.0 Å². The van der Waals surface area contributed by atoms with E-state index in [1.165, 1.54) is 0 Å². The predicted octanol–water partition coefficient (Wildman–Crippen LogP) is 1.58. The van der Waals surface area contributed by atoms with Crippen molar-refractivity contribution >= 4 is 11.7 Å². The number of hydrogen-bond acceptors (Lipinski definition) is 4. The largest absolute Gasteiger partial charge is 0.308 e. The summed E-state index contributed by atoms with van der Waals surface area (Å²) in [5, 5.41) is 0. The van der Waals surface area contributed by atoms with Gasteiger partial charge in [0.1, 0.15) is 11.6 Å². The number of nitrogens with zero attached hydrogens (tertiary/aromatic N) is 4. The van der Waals surface area contributed by atoms with Gasteiger partial charge in [-0.1, -0.05) is 6.92 Å². The second kappa shape index (κ2) is 6.31. The number of likely N-dealkylation sites (N-methyl/N-ethyl adjacent to an activating group) is 1. The molecule has 0 aromatic carbocycles. The molecule has 0 aliphatic carbocycles. The van der Waals surface area contributed by atoms with Gasteiger partial charge in [0.2, 0.25) is 5.91 Å². The summed E-state index contributed by atoms with van der Waals surface area (Å²) in [7, 11) is 4.03. The minimum absolute atomic E-state index is 0.180. The molecule has 2 heterocycles. The highest BCUT2D eigenvalue weighted by atomic mass is 16.2. The van der Waals surface area contributed by atoms with E-state index in [1.807, 2.05) is 25.9 Å². The monoisotopic (exact) mass is 276 g/mol. The number of carbonyl (C=O) groups excluding carboxylic acids is 1. The fraction of sp³-hybridized carbons (Fsp3) is 0.667. The zero-order valence-electron chi connectivity index (χ0n) is 12.9. The van der Waals surface area contributed by atoms with Crippen LogP contribution in [0.4, 0.5) is 5.82 Å². The van der Waals surface area contributed by atoms with E-state index in [0.717, 1.165) is 48.7 Å². The number of carbonyl (C=O) groups is 1. The lowest BCUT2D eigenvalue weighted by Gasteiger charge is -2.30. The summed E-state index contributed by atoms with van der Waals surface area (Å²) in [5.74, 6) is 1.88. The first-order chi connectivity index (χ1) is 9.52. The maximum atomic E-state index is 12.2. The summed E-state index contributed by atoms with van der Waals surface area (Å²) in [4.78, 5) is 25.3. The van der Waals surface area contributed by atoms with Gasteiger partial charge in [0.25, 0.3) is 0 Å². The maximum Gasteiger partial charge on any atom is 0.228 e. The summed E-state index contributed by atoms with van der Waals surface area (Å²) < 4.78 is 0. The second-order valence-corrected chi connectivity index (χ2v) is 5.63. The van der Waals surface area contributed by atoms with Crippen molar-refractivity contribution in [3.8, 4) is 0 Å². The van der Waals surface area contributed by atoms with Crippen LogP contribution in [-0.4, -0.2) is 48.0 Å². The Morgan fingerprint density at radius 2 is 2.00 bits per heavy atom. The number of aryl methyl sites for hydroxylation is 2. The molecule has 1 aromatic heterocycles. The molecule has 0 N–H and O–H groups in total. The molecule has 0 radical (unpaired) electrons. The lowest BCUT2D eigenvalue weighted by molar-refractivity contribution is -0.119. The summed E-state index contributed by atoms with van der Waals surface area (Å²) >= 11 is 0. The van der Waals surface area contributed by atoms with Gasteiger partial charge < -0.3 is 4.90 Å². The van der Waals surface area contributed by atoms with Gasteiger partial charge in [0, 0.05) is 37.2 Å². The number of anilines is 1. The van der Waals surface area contributed by atoms with Crippen LogP contribution in [0.1, 0.15) is 36.8 Å². The van der Waals surface area contributed by atoms with Crippen LogP contribution in [0.15, 0.2) is 0 Å². The Hall–Kier alpha value is -1.49. The van der Waals surface area contributed by atoms with Crippen LogP contribution in [-0.2, 0) is 17.6 Å². The topological polar surface area (TPSA) is 49.3 Å². The third-order valence-electron chi connectivity index (χ3n) is 3.63. The Bertz CT molecular complexity index is 499. The highest BCUT2D eigenvalue weighted by Gasteiger charge is 2.27. The third-order valence-corrected chi connectivity index (χ3v) is 3.63. The minimum Gasteiger partial charge on any atom is -0.308 e. The molecule has 0 saturated heterocycles. The van der Waals surface area contributed by atoms with E-state index >= 15 is 0 Å². The van der Waals surface area contributed by atoms with Crippen LogP contribution in [0.25, 0.3) is 0 Å². The number of rotatable bonds is 5. The molecule has 20 heavy (non-hydrogen) atoms. The summed E-state index contributed by atoms with van der Waals surface area (Å²) in [6.45, 7) is 5.69. The van der Waals surface area contributed by atoms with E-state index in [1.54, 1.807) is 0 Å². The van der Waals surface area contributed by atoms with E-state index in [9.17, 15) is 4.79 Å². The minimum atomic E-state index is 0.180. The van der Waals surface area contributed by atoms with Crippen molar-refractivity contribution in [1.82, 2.24) is 14.9 Å². The van der Waals surface area contributed by atoms with Crippen molar-refractivity contribution in [2.75, 3.05) is 32.1 Å². The molecule has 0 saturated carbocycles. The van der Waals surface area contributed by atoms with Crippen molar-refractivity contribution in [2.24, 2.45) is 0 Å². The van der Waals surface area contributed by atoms with Gasteiger partial charge >= 0.3 is 0 Å². The molecule has 1 aliphatic rings. The first-order valence-corrected chi connectivity index (χ1v) is 7.34. The molecule has 1 aliphatic heterocycles. The lowest BCUT2D eigenvalue weighted by Crippen LogP contribution is -2.40. The predicted molar refractivity (Wildman–Crippen MR) is 80.0 cm³/mol. The molecule has 0 bridgehead atoms. The van der Waals surface area contributed by atoms with Crippen LogP contribution < -0.4 is 4.90 Å². The van der Waals surface area contributed by atoms with E-state index < -0.39 is 0 Å². The second-order valence-electron chi connectivity index (χ2n) is 5.63. The maximum absolute atomic E-state index is 12.2. The highest BCUT2D eigenvalue weighted by molar-refractivity contribution is 5.95. The Balaban J connectivity index is 2.34. The molecule has 2 rings (SSSR count). The van der Waals surface area contributed by atoms with Crippen LogP contribution in [0, 0.1) is 6.92 Å². The Labute approximate surface area is 121 Å². The fourth-order valence-corrected chi connectivity index (χ4v) is 2.50. The average Bonchev–Trinajstić information content (AvgIpc) is 2.37. The van der Waals surface area contributed by atoms with E-state index in [-0.39, 0.29) is 5.91 Å². The highest BCUT2D eigenvalue weighted by Crippen LogP contribution is 2.27. The number of fused-ring (bicyclic) bond motifs is 1. The van der Waals surface area contributed by atoms with Crippen molar-refractivity contribution in [1.29, 1.82) is 0 Å². The first-order valence-electron chi connectivity index (χ1n) is 7.34. The summed E-state index contributed by atoms with van der Waals surface area (Å²) in [6.07, 6.45) is 3.22. The van der Waals surface area contributed by atoms with Gasteiger partial charge in [-0.15, -0.1) is 0 Å². The first kappa shape index (κ1) is 14.9. The fourth-order valence-electron chi connectivity index (χ4n) is 2.50. The molecular formula is C15H24N4O. The SMILES string of the molecule is CCCc1nc(C)c2c(n1)N(CCN(C)C)C(=O)CC2. The van der Waals surface area contributed by atoms with Gasteiger partial charge in [-0.05, 0) is 33.9 Å². The van der Waals surface area contributed by atoms with Gasteiger partial charge in [-0.3, -0.25) is 9.69 Å². The number of aromatic nitrogens is 2. The normalized spacial score (nSPS) is 14.8.